The molecule has 0 amide bonds. The first-order valence-electron chi connectivity index (χ1n) is 4.46. The molecule has 0 fully saturated rings. The maximum absolute atomic E-state index is 12.6. The molecule has 3 nitrogen and oxygen atoms in total. The number of nitrogens with one attached hydrogen (secondary N) is 1. The lowest BCUT2D eigenvalue weighted by Gasteiger charge is -2.05. The molecule has 0 aromatic carbocycles. The van der Waals surface area contributed by atoms with E-state index in [9.17, 15) is 13.2 Å². The number of alkyl halides is 3. The lowest BCUT2D eigenvalue weighted by Crippen LogP contribution is -2.17. The average Bonchev–Trinajstić information content (AvgIpc) is 2.37. The molecule has 1 aliphatic heterocycles. The monoisotopic (exact) mass is 237 g/mol. The van der Waals surface area contributed by atoms with Crippen molar-refractivity contribution in [2.24, 2.45) is 7.05 Å². The summed E-state index contributed by atoms with van der Waals surface area (Å²) in [4.78, 5) is 0. The molecule has 1 aromatic rings. The van der Waals surface area contributed by atoms with Crippen molar-refractivity contribution in [1.29, 1.82) is 0 Å². The summed E-state index contributed by atoms with van der Waals surface area (Å²) < 4.78 is 39.1. The SMILES string of the molecule is Cn1nc(C(F)(F)F)c2c1SCCNC2. The Morgan fingerprint density at radius 2 is 2.20 bits per heavy atom. The fourth-order valence-electron chi connectivity index (χ4n) is 1.55. The molecule has 0 saturated carbocycles. The van der Waals surface area contributed by atoms with Crippen molar-refractivity contribution < 1.29 is 13.2 Å². The normalized spacial score (nSPS) is 17.3. The van der Waals surface area contributed by atoms with Crippen LogP contribution in [0.1, 0.15) is 11.3 Å². The molecule has 0 atom stereocenters. The van der Waals surface area contributed by atoms with Crippen molar-refractivity contribution >= 4 is 11.8 Å². The van der Waals surface area contributed by atoms with Gasteiger partial charge in [-0.3, -0.25) is 4.68 Å². The fourth-order valence-corrected chi connectivity index (χ4v) is 2.56. The summed E-state index contributed by atoms with van der Waals surface area (Å²) in [6.45, 7) is 0.960. The Bertz CT molecular complexity index is 372. The zero-order valence-corrected chi connectivity index (χ0v) is 8.87. The smallest absolute Gasteiger partial charge is 0.312 e. The second-order valence-electron chi connectivity index (χ2n) is 3.28. The summed E-state index contributed by atoms with van der Waals surface area (Å²) in [6, 6.07) is 0. The van der Waals surface area contributed by atoms with Crippen LogP contribution in [0.15, 0.2) is 5.03 Å². The van der Waals surface area contributed by atoms with Gasteiger partial charge < -0.3 is 5.32 Å². The molecule has 1 aromatic heterocycles. The molecule has 0 aliphatic carbocycles. The Labute approximate surface area is 89.0 Å². The van der Waals surface area contributed by atoms with Crippen molar-refractivity contribution in [3.63, 3.8) is 0 Å². The zero-order chi connectivity index (χ0) is 11.1. The van der Waals surface area contributed by atoms with E-state index in [1.807, 2.05) is 0 Å². The maximum Gasteiger partial charge on any atom is 0.435 e. The molecule has 1 aliphatic rings. The number of halogens is 3. The minimum atomic E-state index is -4.36. The first-order chi connectivity index (χ1) is 7.00. The average molecular weight is 237 g/mol. The molecule has 84 valence electrons. The highest BCUT2D eigenvalue weighted by Gasteiger charge is 2.38. The van der Waals surface area contributed by atoms with Crippen LogP contribution in [0, 0.1) is 0 Å². The van der Waals surface area contributed by atoms with Crippen LogP contribution in [-0.2, 0) is 19.8 Å². The van der Waals surface area contributed by atoms with E-state index in [1.54, 1.807) is 7.05 Å². The Morgan fingerprint density at radius 3 is 2.87 bits per heavy atom. The van der Waals surface area contributed by atoms with Crippen molar-refractivity contribution in [3.8, 4) is 0 Å². The molecule has 7 heteroatoms. The molecule has 0 spiro atoms. The van der Waals surface area contributed by atoms with E-state index in [-0.39, 0.29) is 12.1 Å². The number of rotatable bonds is 0. The van der Waals surface area contributed by atoms with Gasteiger partial charge in [-0.25, -0.2) is 0 Å². The Hall–Kier alpha value is -0.690. The summed E-state index contributed by atoms with van der Waals surface area (Å²) in [5.41, 5.74) is -0.491. The van der Waals surface area contributed by atoms with Gasteiger partial charge in [-0.05, 0) is 0 Å². The quantitative estimate of drug-likeness (QED) is 0.744. The number of hydrogen-bond donors (Lipinski definition) is 1. The Balaban J connectivity index is 2.49. The molecule has 0 radical (unpaired) electrons. The van der Waals surface area contributed by atoms with Gasteiger partial charge in [0.2, 0.25) is 0 Å². The van der Waals surface area contributed by atoms with Gasteiger partial charge in [0.25, 0.3) is 0 Å². The van der Waals surface area contributed by atoms with E-state index >= 15 is 0 Å². The number of aromatic nitrogens is 2. The van der Waals surface area contributed by atoms with Crippen LogP contribution in [0.2, 0.25) is 0 Å². The number of nitrogens with zero attached hydrogens (tertiary/aromatic N) is 2. The van der Waals surface area contributed by atoms with Gasteiger partial charge in [-0.2, -0.15) is 18.3 Å². The van der Waals surface area contributed by atoms with Gasteiger partial charge in [0.15, 0.2) is 5.69 Å². The zero-order valence-electron chi connectivity index (χ0n) is 8.06. The lowest BCUT2D eigenvalue weighted by molar-refractivity contribution is -0.142. The Kier molecular flexibility index (Phi) is 2.68. The second-order valence-corrected chi connectivity index (χ2v) is 4.36. The van der Waals surface area contributed by atoms with E-state index < -0.39 is 11.9 Å². The van der Waals surface area contributed by atoms with E-state index in [2.05, 4.69) is 10.4 Å². The van der Waals surface area contributed by atoms with Crippen LogP contribution in [0.25, 0.3) is 0 Å². The number of thioether (sulfide) groups is 1. The Morgan fingerprint density at radius 1 is 1.47 bits per heavy atom. The summed E-state index contributed by atoms with van der Waals surface area (Å²) in [5.74, 6) is 0.768. The minimum Gasteiger partial charge on any atom is -0.312 e. The molecule has 1 N–H and O–H groups in total. The van der Waals surface area contributed by atoms with E-state index in [0.717, 1.165) is 12.3 Å². The molecule has 0 unspecified atom stereocenters. The van der Waals surface area contributed by atoms with E-state index in [0.29, 0.717) is 5.03 Å². The molecule has 0 bridgehead atoms. The summed E-state index contributed by atoms with van der Waals surface area (Å²) >= 11 is 1.41. The third-order valence-corrected chi connectivity index (χ3v) is 3.37. The van der Waals surface area contributed by atoms with Gasteiger partial charge in [0, 0.05) is 31.5 Å². The van der Waals surface area contributed by atoms with Crippen molar-refractivity contribution in [1.82, 2.24) is 15.1 Å². The van der Waals surface area contributed by atoms with E-state index in [4.69, 9.17) is 0 Å². The van der Waals surface area contributed by atoms with Crippen molar-refractivity contribution in [2.75, 3.05) is 12.3 Å². The van der Waals surface area contributed by atoms with Gasteiger partial charge in [-0.15, -0.1) is 11.8 Å². The van der Waals surface area contributed by atoms with Gasteiger partial charge in [0.05, 0.1) is 5.03 Å². The minimum absolute atomic E-state index is 0.241. The highest BCUT2D eigenvalue weighted by molar-refractivity contribution is 7.99. The largest absolute Gasteiger partial charge is 0.435 e. The van der Waals surface area contributed by atoms with Crippen LogP contribution in [0.3, 0.4) is 0 Å². The van der Waals surface area contributed by atoms with Crippen molar-refractivity contribution in [3.05, 3.63) is 11.3 Å². The predicted molar refractivity (Wildman–Crippen MR) is 50.6 cm³/mol. The van der Waals surface area contributed by atoms with Crippen LogP contribution in [0.4, 0.5) is 13.2 Å². The standard InChI is InChI=1S/C8H10F3N3S/c1-14-7-5(4-12-2-3-15-7)6(13-14)8(9,10)11/h12H,2-4H2,1H3. The number of fused-ring (bicyclic) bond motifs is 1. The van der Waals surface area contributed by atoms with Gasteiger partial charge in [0.1, 0.15) is 0 Å². The highest BCUT2D eigenvalue weighted by atomic mass is 32.2. The first-order valence-corrected chi connectivity index (χ1v) is 5.45. The molecular weight excluding hydrogens is 227 g/mol. The maximum atomic E-state index is 12.6. The van der Waals surface area contributed by atoms with Crippen LogP contribution in [-0.4, -0.2) is 22.1 Å². The predicted octanol–water partition coefficient (Wildman–Crippen LogP) is 1.63. The van der Waals surface area contributed by atoms with Gasteiger partial charge >= 0.3 is 6.18 Å². The van der Waals surface area contributed by atoms with Gasteiger partial charge in [-0.1, -0.05) is 0 Å². The third-order valence-electron chi connectivity index (χ3n) is 2.18. The third kappa shape index (κ3) is 1.98. The summed E-state index contributed by atoms with van der Waals surface area (Å²) in [6.07, 6.45) is -4.36. The summed E-state index contributed by atoms with van der Waals surface area (Å²) in [7, 11) is 1.55. The van der Waals surface area contributed by atoms with Crippen LogP contribution < -0.4 is 5.32 Å². The summed E-state index contributed by atoms with van der Waals surface area (Å²) in [5, 5.41) is 7.11. The topological polar surface area (TPSA) is 29.9 Å². The van der Waals surface area contributed by atoms with E-state index in [1.165, 1.54) is 16.4 Å². The molecular formula is C8H10F3N3S. The van der Waals surface area contributed by atoms with Crippen LogP contribution in [0.5, 0.6) is 0 Å². The fraction of sp³-hybridized carbons (Fsp3) is 0.625. The van der Waals surface area contributed by atoms with Crippen LogP contribution >= 0.6 is 11.8 Å². The molecule has 2 heterocycles. The first kappa shape index (κ1) is 10.8. The lowest BCUT2D eigenvalue weighted by atomic mass is 10.2. The molecule has 15 heavy (non-hydrogen) atoms. The van der Waals surface area contributed by atoms with Crippen molar-refractivity contribution in [2.45, 2.75) is 17.7 Å². The highest BCUT2D eigenvalue weighted by Crippen LogP contribution is 2.36. The molecule has 0 saturated heterocycles. The second kappa shape index (κ2) is 3.71. The molecule has 2 rings (SSSR count). The number of aryl methyl sites for hydroxylation is 1. The number of hydrogen-bond acceptors (Lipinski definition) is 3.